The van der Waals surface area contributed by atoms with Crippen molar-refractivity contribution in [3.8, 4) is 0 Å². The van der Waals surface area contributed by atoms with Crippen molar-refractivity contribution in [2.75, 3.05) is 36.0 Å². The number of anilines is 2. The third kappa shape index (κ3) is 4.05. The summed E-state index contributed by atoms with van der Waals surface area (Å²) in [6, 6.07) is 9.11. The Morgan fingerprint density at radius 1 is 1.00 bits per heavy atom. The average Bonchev–Trinajstić information content (AvgIpc) is 3.27. The molecule has 1 N–H and O–H groups in total. The SMILES string of the molecule is O=C(NCc1ccco1)c1ccc(N2CCN(c3ncccn3)CC2)cn1. The zero-order valence-corrected chi connectivity index (χ0v) is 14.8. The number of pyridine rings is 1. The number of hydrogen-bond donors (Lipinski definition) is 1. The highest BCUT2D eigenvalue weighted by Gasteiger charge is 2.19. The molecule has 138 valence electrons. The minimum absolute atomic E-state index is 0.219. The Morgan fingerprint density at radius 3 is 2.44 bits per heavy atom. The van der Waals surface area contributed by atoms with E-state index in [4.69, 9.17) is 4.42 Å². The van der Waals surface area contributed by atoms with Gasteiger partial charge in [0.1, 0.15) is 11.5 Å². The second-order valence-corrected chi connectivity index (χ2v) is 6.19. The summed E-state index contributed by atoms with van der Waals surface area (Å²) < 4.78 is 5.20. The lowest BCUT2D eigenvalue weighted by Gasteiger charge is -2.35. The molecule has 8 nitrogen and oxygen atoms in total. The number of piperazine rings is 1. The van der Waals surface area contributed by atoms with Crippen LogP contribution in [-0.4, -0.2) is 47.0 Å². The van der Waals surface area contributed by atoms with Crippen molar-refractivity contribution in [2.24, 2.45) is 0 Å². The fraction of sp³-hybridized carbons (Fsp3) is 0.263. The van der Waals surface area contributed by atoms with Crippen LogP contribution in [0.4, 0.5) is 11.6 Å². The molecule has 3 aromatic rings. The van der Waals surface area contributed by atoms with Crippen LogP contribution in [0.3, 0.4) is 0 Å². The first-order valence-corrected chi connectivity index (χ1v) is 8.83. The van der Waals surface area contributed by atoms with Crippen LogP contribution in [0.1, 0.15) is 16.2 Å². The van der Waals surface area contributed by atoms with Crippen LogP contribution in [0.15, 0.2) is 59.6 Å². The number of furan rings is 1. The largest absolute Gasteiger partial charge is 0.467 e. The summed E-state index contributed by atoms with van der Waals surface area (Å²) in [5, 5.41) is 2.79. The highest BCUT2D eigenvalue weighted by atomic mass is 16.3. The van der Waals surface area contributed by atoms with Crippen molar-refractivity contribution < 1.29 is 9.21 Å². The number of carbonyl (C=O) groups is 1. The van der Waals surface area contributed by atoms with Gasteiger partial charge in [-0.2, -0.15) is 0 Å². The summed E-state index contributed by atoms with van der Waals surface area (Å²) in [4.78, 5) is 29.5. The monoisotopic (exact) mass is 364 g/mol. The van der Waals surface area contributed by atoms with E-state index in [1.165, 1.54) is 0 Å². The van der Waals surface area contributed by atoms with Crippen LogP contribution in [0, 0.1) is 0 Å². The van der Waals surface area contributed by atoms with E-state index in [1.54, 1.807) is 37.0 Å². The Hall–Kier alpha value is -3.42. The zero-order valence-electron chi connectivity index (χ0n) is 14.8. The number of rotatable bonds is 5. The van der Waals surface area contributed by atoms with E-state index in [1.807, 2.05) is 18.2 Å². The Morgan fingerprint density at radius 2 is 1.78 bits per heavy atom. The number of nitrogens with one attached hydrogen (secondary N) is 1. The summed E-state index contributed by atoms with van der Waals surface area (Å²) in [5.41, 5.74) is 1.40. The molecule has 0 aromatic carbocycles. The van der Waals surface area contributed by atoms with E-state index in [-0.39, 0.29) is 5.91 Å². The molecular weight excluding hydrogens is 344 g/mol. The van der Waals surface area contributed by atoms with Crippen molar-refractivity contribution in [1.29, 1.82) is 0 Å². The van der Waals surface area contributed by atoms with Gasteiger partial charge in [-0.25, -0.2) is 15.0 Å². The van der Waals surface area contributed by atoms with Gasteiger partial charge in [-0.15, -0.1) is 0 Å². The second-order valence-electron chi connectivity index (χ2n) is 6.19. The maximum absolute atomic E-state index is 12.2. The summed E-state index contributed by atoms with van der Waals surface area (Å²) in [7, 11) is 0. The molecule has 0 bridgehead atoms. The number of hydrogen-bond acceptors (Lipinski definition) is 7. The molecule has 8 heteroatoms. The molecule has 1 aliphatic heterocycles. The summed E-state index contributed by atoms with van der Waals surface area (Å²) in [6.07, 6.45) is 6.84. The van der Waals surface area contributed by atoms with Gasteiger partial charge in [-0.1, -0.05) is 0 Å². The smallest absolute Gasteiger partial charge is 0.270 e. The van der Waals surface area contributed by atoms with Crippen LogP contribution in [-0.2, 0) is 6.54 Å². The maximum atomic E-state index is 12.2. The van der Waals surface area contributed by atoms with Crippen molar-refractivity contribution in [2.45, 2.75) is 6.54 Å². The van der Waals surface area contributed by atoms with E-state index in [2.05, 4.69) is 30.1 Å². The van der Waals surface area contributed by atoms with Crippen LogP contribution < -0.4 is 15.1 Å². The fourth-order valence-corrected chi connectivity index (χ4v) is 3.00. The van der Waals surface area contributed by atoms with Crippen LogP contribution in [0.5, 0.6) is 0 Å². The fourth-order valence-electron chi connectivity index (χ4n) is 3.00. The first-order valence-electron chi connectivity index (χ1n) is 8.83. The molecule has 3 aromatic heterocycles. The summed E-state index contributed by atoms with van der Waals surface area (Å²) in [5.74, 6) is 1.25. The van der Waals surface area contributed by atoms with Gasteiger partial charge in [-0.05, 0) is 30.3 Å². The number of carbonyl (C=O) groups excluding carboxylic acids is 1. The van der Waals surface area contributed by atoms with Crippen molar-refractivity contribution in [3.05, 3.63) is 66.6 Å². The topological polar surface area (TPSA) is 87.4 Å². The molecular formula is C19H20N6O2. The van der Waals surface area contributed by atoms with Gasteiger partial charge in [0.25, 0.3) is 5.91 Å². The second kappa shape index (κ2) is 7.86. The molecule has 0 unspecified atom stereocenters. The highest BCUT2D eigenvalue weighted by Crippen LogP contribution is 2.17. The lowest BCUT2D eigenvalue weighted by Crippen LogP contribution is -2.47. The Bertz CT molecular complexity index is 859. The third-order valence-corrected chi connectivity index (χ3v) is 4.46. The zero-order chi connectivity index (χ0) is 18.5. The van der Waals surface area contributed by atoms with Crippen LogP contribution in [0.2, 0.25) is 0 Å². The molecule has 0 aliphatic carbocycles. The Kier molecular flexibility index (Phi) is 4.95. The lowest BCUT2D eigenvalue weighted by atomic mass is 10.2. The first-order chi connectivity index (χ1) is 13.3. The van der Waals surface area contributed by atoms with Gasteiger partial charge in [0.2, 0.25) is 5.95 Å². The summed E-state index contributed by atoms with van der Waals surface area (Å²) >= 11 is 0. The quantitative estimate of drug-likeness (QED) is 0.737. The molecule has 0 radical (unpaired) electrons. The molecule has 4 rings (SSSR count). The van der Waals surface area contributed by atoms with E-state index in [9.17, 15) is 4.79 Å². The lowest BCUT2D eigenvalue weighted by molar-refractivity contribution is 0.0943. The maximum Gasteiger partial charge on any atom is 0.270 e. The van der Waals surface area contributed by atoms with Gasteiger partial charge in [0.15, 0.2) is 0 Å². The summed E-state index contributed by atoms with van der Waals surface area (Å²) in [6.45, 7) is 3.73. The minimum Gasteiger partial charge on any atom is -0.467 e. The van der Waals surface area contributed by atoms with E-state index in [0.717, 1.165) is 37.8 Å². The molecule has 4 heterocycles. The van der Waals surface area contributed by atoms with Crippen molar-refractivity contribution in [1.82, 2.24) is 20.3 Å². The number of amides is 1. The van der Waals surface area contributed by atoms with Crippen LogP contribution >= 0.6 is 0 Å². The molecule has 1 fully saturated rings. The molecule has 0 atom stereocenters. The standard InChI is InChI=1S/C19H20N6O2/c26-18(23-14-16-3-1-12-27-16)17-5-4-15(13-22-17)24-8-10-25(11-9-24)19-20-6-2-7-21-19/h1-7,12-13H,8-11,14H2,(H,23,26). The van der Waals surface area contributed by atoms with Gasteiger partial charge < -0.3 is 19.5 Å². The number of nitrogens with zero attached hydrogens (tertiary/aromatic N) is 5. The van der Waals surface area contributed by atoms with E-state index >= 15 is 0 Å². The van der Waals surface area contributed by atoms with E-state index < -0.39 is 0 Å². The van der Waals surface area contributed by atoms with Gasteiger partial charge in [0, 0.05) is 38.6 Å². The van der Waals surface area contributed by atoms with Gasteiger partial charge in [-0.3, -0.25) is 4.79 Å². The average molecular weight is 364 g/mol. The van der Waals surface area contributed by atoms with Gasteiger partial charge in [0.05, 0.1) is 24.7 Å². The van der Waals surface area contributed by atoms with Crippen LogP contribution in [0.25, 0.3) is 0 Å². The molecule has 1 aliphatic rings. The molecule has 27 heavy (non-hydrogen) atoms. The van der Waals surface area contributed by atoms with Crippen molar-refractivity contribution >= 4 is 17.5 Å². The highest BCUT2D eigenvalue weighted by molar-refractivity contribution is 5.92. The Labute approximate surface area is 156 Å². The van der Waals surface area contributed by atoms with Crippen molar-refractivity contribution in [3.63, 3.8) is 0 Å². The first kappa shape index (κ1) is 17.0. The van der Waals surface area contributed by atoms with E-state index in [0.29, 0.717) is 18.0 Å². The predicted molar refractivity (Wildman–Crippen MR) is 101 cm³/mol. The number of aromatic nitrogens is 3. The molecule has 1 amide bonds. The predicted octanol–water partition coefficient (Wildman–Crippen LogP) is 1.72. The molecule has 0 saturated carbocycles. The molecule has 1 saturated heterocycles. The van der Waals surface area contributed by atoms with Gasteiger partial charge >= 0.3 is 0 Å². The third-order valence-electron chi connectivity index (χ3n) is 4.46. The normalized spacial score (nSPS) is 14.2. The molecule has 0 spiro atoms. The Balaban J connectivity index is 1.32. The minimum atomic E-state index is -0.219.